The SMILES string of the molecule is O=C(N/N=C/c1ccc(CN(Cc2ccc(Cl)c(Cl)c2)S(=O)(=O)c2ccc(Cl)cc2)o1)C(=O)NC1CCCC1. The molecule has 0 aliphatic heterocycles. The highest BCUT2D eigenvalue weighted by molar-refractivity contribution is 7.89. The molecule has 0 atom stereocenters. The first-order chi connectivity index (χ1) is 18.6. The molecule has 1 heterocycles. The van der Waals surface area contributed by atoms with Gasteiger partial charge in [0.2, 0.25) is 10.0 Å². The Kier molecular flexibility index (Phi) is 9.68. The van der Waals surface area contributed by atoms with Gasteiger partial charge in [-0.05, 0) is 66.9 Å². The lowest BCUT2D eigenvalue weighted by atomic mass is 10.2. The summed E-state index contributed by atoms with van der Waals surface area (Å²) in [4.78, 5) is 24.0. The number of halogens is 3. The Bertz CT molecular complexity index is 1470. The first-order valence-electron chi connectivity index (χ1n) is 12.0. The lowest BCUT2D eigenvalue weighted by Gasteiger charge is -2.22. The van der Waals surface area contributed by atoms with Crippen molar-refractivity contribution in [1.82, 2.24) is 15.0 Å². The summed E-state index contributed by atoms with van der Waals surface area (Å²) in [6.45, 7) is -0.132. The Morgan fingerprint density at radius 1 is 0.949 bits per heavy atom. The minimum Gasteiger partial charge on any atom is -0.459 e. The molecule has 39 heavy (non-hydrogen) atoms. The summed E-state index contributed by atoms with van der Waals surface area (Å²) in [6, 6.07) is 13.9. The number of carbonyl (C=O) groups excluding carboxylic acids is 2. The lowest BCUT2D eigenvalue weighted by molar-refractivity contribution is -0.139. The van der Waals surface area contributed by atoms with Crippen molar-refractivity contribution in [2.45, 2.75) is 49.7 Å². The standard InChI is InChI=1S/C26H25Cl3N4O5S/c27-18-6-10-22(11-7-18)39(36,37)33(15-17-5-12-23(28)24(29)13-17)16-21-9-8-20(38-21)14-30-32-26(35)25(34)31-19-3-1-2-4-19/h5-14,19H,1-4,15-16H2,(H,31,34)(H,32,35)/b30-14+. The third kappa shape index (κ3) is 7.83. The van der Waals surface area contributed by atoms with Crippen molar-refractivity contribution in [3.63, 3.8) is 0 Å². The zero-order valence-electron chi connectivity index (χ0n) is 20.6. The molecule has 1 aliphatic rings. The van der Waals surface area contributed by atoms with Gasteiger partial charge in [-0.15, -0.1) is 0 Å². The van der Waals surface area contributed by atoms with Crippen LogP contribution in [-0.2, 0) is 32.7 Å². The summed E-state index contributed by atoms with van der Waals surface area (Å²) in [7, 11) is -3.97. The third-order valence-corrected chi connectivity index (χ3v) is 8.86. The fourth-order valence-electron chi connectivity index (χ4n) is 4.07. The van der Waals surface area contributed by atoms with E-state index >= 15 is 0 Å². The molecule has 1 fully saturated rings. The summed E-state index contributed by atoms with van der Waals surface area (Å²) in [5, 5.41) is 7.50. The number of nitrogens with one attached hydrogen (secondary N) is 2. The van der Waals surface area contributed by atoms with Gasteiger partial charge in [-0.3, -0.25) is 9.59 Å². The maximum Gasteiger partial charge on any atom is 0.329 e. The van der Waals surface area contributed by atoms with E-state index in [-0.39, 0.29) is 29.8 Å². The van der Waals surface area contributed by atoms with Crippen molar-refractivity contribution in [3.05, 3.63) is 86.7 Å². The predicted octanol–water partition coefficient (Wildman–Crippen LogP) is 5.14. The smallest absolute Gasteiger partial charge is 0.329 e. The van der Waals surface area contributed by atoms with Crippen LogP contribution in [-0.4, -0.2) is 36.8 Å². The monoisotopic (exact) mass is 610 g/mol. The average Bonchev–Trinajstić information content (AvgIpc) is 3.58. The van der Waals surface area contributed by atoms with Crippen LogP contribution in [0.5, 0.6) is 0 Å². The number of hydrogen-bond acceptors (Lipinski definition) is 6. The van der Waals surface area contributed by atoms with Crippen LogP contribution >= 0.6 is 34.8 Å². The zero-order valence-corrected chi connectivity index (χ0v) is 23.7. The van der Waals surface area contributed by atoms with E-state index in [1.165, 1.54) is 34.8 Å². The predicted molar refractivity (Wildman–Crippen MR) is 149 cm³/mol. The van der Waals surface area contributed by atoms with Crippen molar-refractivity contribution in [2.75, 3.05) is 0 Å². The Balaban J connectivity index is 1.46. The fraction of sp³-hybridized carbons (Fsp3) is 0.269. The van der Waals surface area contributed by atoms with E-state index in [2.05, 4.69) is 15.8 Å². The zero-order chi connectivity index (χ0) is 28.0. The van der Waals surface area contributed by atoms with Gasteiger partial charge in [-0.25, -0.2) is 13.8 Å². The van der Waals surface area contributed by atoms with Crippen LogP contribution in [0.3, 0.4) is 0 Å². The second-order valence-corrected chi connectivity index (χ2v) is 12.1. The largest absolute Gasteiger partial charge is 0.459 e. The Hall–Kier alpha value is -2.89. The van der Waals surface area contributed by atoms with Crippen molar-refractivity contribution < 1.29 is 22.4 Å². The second kappa shape index (κ2) is 13.0. The van der Waals surface area contributed by atoms with E-state index in [1.807, 2.05) is 0 Å². The van der Waals surface area contributed by atoms with E-state index in [9.17, 15) is 18.0 Å². The summed E-state index contributed by atoms with van der Waals surface area (Å²) >= 11 is 18.1. The van der Waals surface area contributed by atoms with Crippen molar-refractivity contribution >= 4 is 62.9 Å². The third-order valence-electron chi connectivity index (χ3n) is 6.06. The molecule has 0 unspecified atom stereocenters. The van der Waals surface area contributed by atoms with Crippen molar-refractivity contribution in [2.24, 2.45) is 5.10 Å². The molecule has 1 saturated carbocycles. The van der Waals surface area contributed by atoms with Crippen molar-refractivity contribution in [1.29, 1.82) is 0 Å². The summed E-state index contributed by atoms with van der Waals surface area (Å²) in [5.41, 5.74) is 2.79. The lowest BCUT2D eigenvalue weighted by Crippen LogP contribution is -2.42. The highest BCUT2D eigenvalue weighted by atomic mass is 35.5. The molecule has 0 bridgehead atoms. The van der Waals surface area contributed by atoms with E-state index in [1.54, 1.807) is 30.3 Å². The van der Waals surface area contributed by atoms with Gasteiger partial charge in [-0.1, -0.05) is 53.7 Å². The molecule has 4 rings (SSSR count). The molecule has 0 spiro atoms. The molecule has 1 aliphatic carbocycles. The highest BCUT2D eigenvalue weighted by Gasteiger charge is 2.26. The van der Waals surface area contributed by atoms with Gasteiger partial charge in [0.05, 0.1) is 27.7 Å². The van der Waals surface area contributed by atoms with E-state index < -0.39 is 21.8 Å². The van der Waals surface area contributed by atoms with Gasteiger partial charge >= 0.3 is 11.8 Å². The van der Waals surface area contributed by atoms with Crippen LogP contribution in [0, 0.1) is 0 Å². The maximum atomic E-state index is 13.5. The summed E-state index contributed by atoms with van der Waals surface area (Å²) in [6.07, 6.45) is 4.98. The first kappa shape index (κ1) is 29.1. The van der Waals surface area contributed by atoms with E-state index in [4.69, 9.17) is 39.2 Å². The normalized spacial score (nSPS) is 14.3. The van der Waals surface area contributed by atoms with Gasteiger partial charge in [-0.2, -0.15) is 9.41 Å². The first-order valence-corrected chi connectivity index (χ1v) is 14.6. The molecule has 2 N–H and O–H groups in total. The van der Waals surface area contributed by atoms with Crippen LogP contribution in [0.2, 0.25) is 15.1 Å². The number of benzene rings is 2. The molecule has 1 aromatic heterocycles. The summed E-state index contributed by atoms with van der Waals surface area (Å²) < 4.78 is 34.0. The van der Waals surface area contributed by atoms with Crippen LogP contribution in [0.25, 0.3) is 0 Å². The van der Waals surface area contributed by atoms with Gasteiger partial charge in [0.1, 0.15) is 11.5 Å². The minimum atomic E-state index is -3.97. The average molecular weight is 612 g/mol. The second-order valence-electron chi connectivity index (χ2n) is 8.93. The summed E-state index contributed by atoms with van der Waals surface area (Å²) in [5.74, 6) is -1.06. The maximum absolute atomic E-state index is 13.5. The topological polar surface area (TPSA) is 121 Å². The van der Waals surface area contributed by atoms with Crippen molar-refractivity contribution in [3.8, 4) is 0 Å². The highest BCUT2D eigenvalue weighted by Crippen LogP contribution is 2.27. The molecule has 13 heteroatoms. The van der Waals surface area contributed by atoms with Gasteiger partial charge < -0.3 is 9.73 Å². The number of furan rings is 1. The Labute approximate surface area is 241 Å². The molecule has 9 nitrogen and oxygen atoms in total. The molecule has 3 aromatic rings. The van der Waals surface area contributed by atoms with Crippen LogP contribution in [0.4, 0.5) is 0 Å². The Morgan fingerprint density at radius 3 is 2.36 bits per heavy atom. The van der Waals surface area contributed by atoms with Crippen LogP contribution in [0.15, 0.2) is 69.0 Å². The number of amides is 2. The Morgan fingerprint density at radius 2 is 1.67 bits per heavy atom. The van der Waals surface area contributed by atoms with Crippen LogP contribution in [0.1, 0.15) is 42.8 Å². The van der Waals surface area contributed by atoms with Gasteiger partial charge in [0.15, 0.2) is 0 Å². The van der Waals surface area contributed by atoms with E-state index in [0.717, 1.165) is 25.7 Å². The molecule has 0 saturated heterocycles. The number of hydrazone groups is 1. The quantitative estimate of drug-likeness (QED) is 0.197. The molecule has 0 radical (unpaired) electrons. The molecular weight excluding hydrogens is 587 g/mol. The van der Waals surface area contributed by atoms with E-state index in [0.29, 0.717) is 26.4 Å². The fourth-order valence-corrected chi connectivity index (χ4v) is 5.91. The minimum absolute atomic E-state index is 0.0101. The molecule has 206 valence electrons. The number of rotatable bonds is 9. The molecule has 2 amide bonds. The van der Waals surface area contributed by atoms with Gasteiger partial charge in [0, 0.05) is 17.6 Å². The number of sulfonamides is 1. The molecular formula is C26H25Cl3N4O5S. The molecule has 2 aromatic carbocycles. The number of carbonyl (C=O) groups is 2. The number of nitrogens with zero attached hydrogens (tertiary/aromatic N) is 2. The number of hydrogen-bond donors (Lipinski definition) is 2. The van der Waals surface area contributed by atoms with Gasteiger partial charge in [0.25, 0.3) is 0 Å². The van der Waals surface area contributed by atoms with Crippen LogP contribution < -0.4 is 10.7 Å².